The van der Waals surface area contributed by atoms with Crippen molar-refractivity contribution >= 4 is 17.1 Å². The van der Waals surface area contributed by atoms with Gasteiger partial charge in [-0.15, -0.1) is 0 Å². The van der Waals surface area contributed by atoms with E-state index in [4.69, 9.17) is 15.6 Å². The van der Waals surface area contributed by atoms with Gasteiger partial charge in [-0.3, -0.25) is 14.3 Å². The number of rotatable bonds is 6. The highest BCUT2D eigenvalue weighted by Gasteiger charge is 2.24. The Bertz CT molecular complexity index is 670. The first-order valence-corrected chi connectivity index (χ1v) is 6.21. The molecule has 2 aromatic heterocycles. The van der Waals surface area contributed by atoms with Gasteiger partial charge in [-0.05, 0) is 6.92 Å². The number of hydrogen-bond donors (Lipinski definition) is 4. The van der Waals surface area contributed by atoms with E-state index in [0.29, 0.717) is 0 Å². The number of halogens is 1. The zero-order chi connectivity index (χ0) is 15.6. The van der Waals surface area contributed by atoms with Crippen LogP contribution in [0.5, 0.6) is 0 Å². The molecule has 0 aromatic carbocycles. The second-order valence-corrected chi connectivity index (χ2v) is 4.45. The number of alkyl halides is 1. The number of nitrogens with zero attached hydrogens (tertiary/aromatic N) is 3. The van der Waals surface area contributed by atoms with Crippen LogP contribution in [0.2, 0.25) is 0 Å². The third-order valence-electron chi connectivity index (χ3n) is 2.94. The standard InChI is InChI=1S/C11H16FN5O4/c1-5(12)6(2-18)21-7(3-19)17-4-14-8-9(17)15-11(13)16-10(8)20/h4-7,18-19H,2-3H2,1H3,(H3,13,15,16,20)/t5-,6+,7+/m0/s1. The Kier molecular flexibility index (Phi) is 4.50. The monoisotopic (exact) mass is 301 g/mol. The number of aliphatic hydroxyl groups excluding tert-OH is 2. The zero-order valence-electron chi connectivity index (χ0n) is 11.2. The van der Waals surface area contributed by atoms with E-state index in [9.17, 15) is 14.3 Å². The normalized spacial score (nSPS) is 16.0. The van der Waals surface area contributed by atoms with Crippen LogP contribution in [-0.4, -0.2) is 55.2 Å². The van der Waals surface area contributed by atoms with Crippen molar-refractivity contribution in [3.63, 3.8) is 0 Å². The summed E-state index contributed by atoms with van der Waals surface area (Å²) in [6.07, 6.45) is -2.40. The Balaban J connectivity index is 2.41. The largest absolute Gasteiger partial charge is 0.394 e. The molecule has 0 radical (unpaired) electrons. The summed E-state index contributed by atoms with van der Waals surface area (Å²) in [6, 6.07) is 0. The van der Waals surface area contributed by atoms with Gasteiger partial charge in [0.15, 0.2) is 17.4 Å². The number of aromatic nitrogens is 4. The molecule has 0 amide bonds. The lowest BCUT2D eigenvalue weighted by Crippen LogP contribution is -2.32. The summed E-state index contributed by atoms with van der Waals surface area (Å²) < 4.78 is 19.8. The second-order valence-electron chi connectivity index (χ2n) is 4.45. The van der Waals surface area contributed by atoms with Crippen molar-refractivity contribution in [2.45, 2.75) is 25.4 Å². The summed E-state index contributed by atoms with van der Waals surface area (Å²) in [6.45, 7) is 0.141. The lowest BCUT2D eigenvalue weighted by molar-refractivity contribution is -0.117. The molecular formula is C11H16FN5O4. The van der Waals surface area contributed by atoms with Gasteiger partial charge in [0.25, 0.3) is 5.56 Å². The number of aliphatic hydroxyl groups is 2. The van der Waals surface area contributed by atoms with Gasteiger partial charge in [0.1, 0.15) is 12.3 Å². The number of nitrogen functional groups attached to an aromatic ring is 1. The molecule has 0 unspecified atom stereocenters. The van der Waals surface area contributed by atoms with Crippen LogP contribution in [0.25, 0.3) is 11.2 Å². The van der Waals surface area contributed by atoms with Gasteiger partial charge in [-0.25, -0.2) is 9.37 Å². The lowest BCUT2D eigenvalue weighted by atomic mass is 10.2. The number of aromatic amines is 1. The first-order chi connectivity index (χ1) is 9.97. The molecule has 21 heavy (non-hydrogen) atoms. The molecule has 0 spiro atoms. The number of H-pyrrole nitrogens is 1. The van der Waals surface area contributed by atoms with E-state index in [1.165, 1.54) is 17.8 Å². The highest BCUT2D eigenvalue weighted by molar-refractivity contribution is 5.70. The van der Waals surface area contributed by atoms with Crippen molar-refractivity contribution in [1.29, 1.82) is 0 Å². The molecule has 116 valence electrons. The SMILES string of the molecule is C[C@H](F)[C@@H](CO)O[C@H](CO)n1cnc2c(=O)[nH]c(N)nc21. The Morgan fingerprint density at radius 2 is 2.24 bits per heavy atom. The molecule has 2 aromatic rings. The molecule has 0 aliphatic heterocycles. The number of nitrogens with two attached hydrogens (primary N) is 1. The van der Waals surface area contributed by atoms with Crippen molar-refractivity contribution in [2.75, 3.05) is 18.9 Å². The predicted octanol–water partition coefficient (Wildman–Crippen LogP) is -1.07. The van der Waals surface area contributed by atoms with Gasteiger partial charge in [0.05, 0.1) is 19.5 Å². The van der Waals surface area contributed by atoms with Crippen LogP contribution in [0.15, 0.2) is 11.1 Å². The fourth-order valence-corrected chi connectivity index (χ4v) is 1.85. The number of imidazole rings is 1. The van der Waals surface area contributed by atoms with Gasteiger partial charge in [0.2, 0.25) is 5.95 Å². The van der Waals surface area contributed by atoms with Crippen LogP contribution < -0.4 is 11.3 Å². The predicted molar refractivity (Wildman–Crippen MR) is 71.2 cm³/mol. The van der Waals surface area contributed by atoms with Crippen LogP contribution in [0.1, 0.15) is 13.2 Å². The molecule has 10 heteroatoms. The highest BCUT2D eigenvalue weighted by atomic mass is 19.1. The van der Waals surface area contributed by atoms with E-state index in [0.717, 1.165) is 0 Å². The Morgan fingerprint density at radius 3 is 2.81 bits per heavy atom. The van der Waals surface area contributed by atoms with E-state index in [2.05, 4.69) is 15.0 Å². The van der Waals surface area contributed by atoms with Crippen LogP contribution in [0, 0.1) is 0 Å². The zero-order valence-corrected chi connectivity index (χ0v) is 11.2. The molecule has 0 fully saturated rings. The van der Waals surface area contributed by atoms with Crippen LogP contribution in [0.3, 0.4) is 0 Å². The summed E-state index contributed by atoms with van der Waals surface area (Å²) in [5, 5.41) is 18.5. The molecule has 0 bridgehead atoms. The maximum absolute atomic E-state index is 13.3. The number of ether oxygens (including phenoxy) is 1. The average molecular weight is 301 g/mol. The molecule has 3 atom stereocenters. The minimum absolute atomic E-state index is 0.0140. The average Bonchev–Trinajstić information content (AvgIpc) is 2.83. The minimum atomic E-state index is -1.44. The molecule has 0 saturated heterocycles. The minimum Gasteiger partial charge on any atom is -0.394 e. The maximum Gasteiger partial charge on any atom is 0.280 e. The van der Waals surface area contributed by atoms with Crippen molar-refractivity contribution in [3.05, 3.63) is 16.7 Å². The molecule has 2 rings (SSSR count). The van der Waals surface area contributed by atoms with Gasteiger partial charge in [-0.1, -0.05) is 0 Å². The first-order valence-electron chi connectivity index (χ1n) is 6.21. The molecule has 9 nitrogen and oxygen atoms in total. The fraction of sp³-hybridized carbons (Fsp3) is 0.545. The van der Waals surface area contributed by atoms with Crippen molar-refractivity contribution in [2.24, 2.45) is 0 Å². The summed E-state index contributed by atoms with van der Waals surface area (Å²) >= 11 is 0. The molecule has 0 saturated carbocycles. The van der Waals surface area contributed by atoms with Gasteiger partial charge in [-0.2, -0.15) is 4.98 Å². The lowest BCUT2D eigenvalue weighted by Gasteiger charge is -2.24. The van der Waals surface area contributed by atoms with Crippen LogP contribution in [0.4, 0.5) is 10.3 Å². The number of nitrogens with one attached hydrogen (secondary N) is 1. The van der Waals surface area contributed by atoms with Gasteiger partial charge < -0.3 is 20.7 Å². The Labute approximate surface area is 118 Å². The molecule has 2 heterocycles. The van der Waals surface area contributed by atoms with Crippen molar-refractivity contribution in [3.8, 4) is 0 Å². The summed E-state index contributed by atoms with van der Waals surface area (Å²) in [4.78, 5) is 21.7. The number of fused-ring (bicyclic) bond motifs is 1. The van der Waals surface area contributed by atoms with Gasteiger partial charge in [0, 0.05) is 0 Å². The van der Waals surface area contributed by atoms with E-state index in [1.807, 2.05) is 0 Å². The Hall–Kier alpha value is -2.04. The summed E-state index contributed by atoms with van der Waals surface area (Å²) in [5.74, 6) is -0.122. The Morgan fingerprint density at radius 1 is 1.52 bits per heavy atom. The third kappa shape index (κ3) is 3.01. The first kappa shape index (κ1) is 15.4. The number of hydrogen-bond acceptors (Lipinski definition) is 7. The van der Waals surface area contributed by atoms with Gasteiger partial charge >= 0.3 is 0 Å². The molecule has 5 N–H and O–H groups in total. The van der Waals surface area contributed by atoms with Crippen LogP contribution in [-0.2, 0) is 4.74 Å². The third-order valence-corrected chi connectivity index (χ3v) is 2.94. The molecule has 0 aliphatic rings. The van der Waals surface area contributed by atoms with E-state index >= 15 is 0 Å². The maximum atomic E-state index is 13.3. The number of anilines is 1. The second kappa shape index (κ2) is 6.16. The van der Waals surface area contributed by atoms with Crippen molar-refractivity contribution in [1.82, 2.24) is 19.5 Å². The summed E-state index contributed by atoms with van der Waals surface area (Å²) in [5.41, 5.74) is 5.03. The quantitative estimate of drug-likeness (QED) is 0.532. The smallest absolute Gasteiger partial charge is 0.280 e. The van der Waals surface area contributed by atoms with E-state index < -0.39 is 37.3 Å². The molecule has 0 aliphatic carbocycles. The van der Waals surface area contributed by atoms with Crippen LogP contribution >= 0.6 is 0 Å². The summed E-state index contributed by atoms with van der Waals surface area (Å²) in [7, 11) is 0. The van der Waals surface area contributed by atoms with Crippen molar-refractivity contribution < 1.29 is 19.3 Å². The highest BCUT2D eigenvalue weighted by Crippen LogP contribution is 2.18. The molecular weight excluding hydrogens is 285 g/mol. The van der Waals surface area contributed by atoms with E-state index in [1.54, 1.807) is 0 Å². The fourth-order valence-electron chi connectivity index (χ4n) is 1.85. The van der Waals surface area contributed by atoms with E-state index in [-0.39, 0.29) is 17.1 Å². The topological polar surface area (TPSA) is 139 Å².